The molecule has 3 rings (SSSR count). The van der Waals surface area contributed by atoms with Crippen molar-refractivity contribution < 1.29 is 30.0 Å². The van der Waals surface area contributed by atoms with E-state index in [1.165, 1.54) is 33.5 Å². The number of aliphatic hydroxyl groups is 1. The number of aryl methyl sites for hydroxylation is 3. The summed E-state index contributed by atoms with van der Waals surface area (Å²) >= 11 is 0. The number of hydrogen-bond donors (Lipinski definition) is 1. The standard InChI is InChI=1S/C23H26N.C13H24O2.Ir/c1-7-23(5,6)21-14-24-22(18-11-16(3)10-17(4)12-18)20-13-15(2)8-9-19(20)21;1-7-12(3,4)10(14)9-11(15)13(5,6)8-2;/h8-11,13-14H,7H2,1-6H3;9,14H,7-8H2,1-6H3;/q-1;;/b;10-9-;. The molecule has 0 saturated carbocycles. The first-order valence-electron chi connectivity index (χ1n) is 14.4. The average Bonchev–Trinajstić information content (AvgIpc) is 2.87. The first kappa shape index (κ1) is 35.7. The molecule has 2 aromatic carbocycles. The van der Waals surface area contributed by atoms with E-state index < -0.39 is 0 Å². The Morgan fingerprint density at radius 2 is 1.45 bits per heavy atom. The summed E-state index contributed by atoms with van der Waals surface area (Å²) in [5, 5.41) is 12.4. The summed E-state index contributed by atoms with van der Waals surface area (Å²) in [5.41, 5.74) is 6.56. The monoisotopic (exact) mass is 721 g/mol. The van der Waals surface area contributed by atoms with Gasteiger partial charge in [-0.15, -0.1) is 34.9 Å². The van der Waals surface area contributed by atoms with Gasteiger partial charge in [-0.3, -0.25) is 4.79 Å². The van der Waals surface area contributed by atoms with E-state index in [-0.39, 0.29) is 47.9 Å². The van der Waals surface area contributed by atoms with Gasteiger partial charge in [0.15, 0.2) is 5.78 Å². The number of aliphatic hydroxyl groups excluding tert-OH is 1. The molecule has 0 atom stereocenters. The fraction of sp³-hybridized carbons (Fsp3) is 0.500. The molecule has 4 heteroatoms. The predicted molar refractivity (Wildman–Crippen MR) is 167 cm³/mol. The van der Waals surface area contributed by atoms with Crippen molar-refractivity contribution in [1.29, 1.82) is 0 Å². The summed E-state index contributed by atoms with van der Waals surface area (Å²) < 4.78 is 0. The van der Waals surface area contributed by atoms with Gasteiger partial charge < -0.3 is 10.1 Å². The van der Waals surface area contributed by atoms with Crippen LogP contribution in [0.2, 0.25) is 0 Å². The second-order valence-corrected chi connectivity index (χ2v) is 12.9. The SMILES string of the molecule is CCC(C)(C)C(=O)/C=C(\O)C(C)(C)CC.CCC(C)(C)c1cnc(-c2[c-]c(C)cc(C)c2)c2cc(C)ccc12.[Ir]. The van der Waals surface area contributed by atoms with E-state index in [1.807, 2.05) is 41.5 Å². The fourth-order valence-electron chi connectivity index (χ4n) is 4.19. The van der Waals surface area contributed by atoms with E-state index in [0.717, 1.165) is 36.1 Å². The molecular weight excluding hydrogens is 671 g/mol. The Kier molecular flexibility index (Phi) is 12.6. The molecule has 0 fully saturated rings. The van der Waals surface area contributed by atoms with E-state index in [4.69, 9.17) is 4.98 Å². The van der Waals surface area contributed by atoms with Gasteiger partial charge >= 0.3 is 0 Å². The van der Waals surface area contributed by atoms with Crippen molar-refractivity contribution in [1.82, 2.24) is 4.98 Å². The van der Waals surface area contributed by atoms with Gasteiger partial charge in [0.05, 0.1) is 0 Å². The number of allylic oxidation sites excluding steroid dienone is 2. The number of carbonyl (C=O) groups excluding carboxylic acids is 1. The number of ketones is 1. The minimum absolute atomic E-state index is 0. The number of hydrogen-bond acceptors (Lipinski definition) is 3. The van der Waals surface area contributed by atoms with Crippen LogP contribution in [-0.4, -0.2) is 15.9 Å². The van der Waals surface area contributed by atoms with E-state index >= 15 is 0 Å². The summed E-state index contributed by atoms with van der Waals surface area (Å²) in [5.74, 6) is 0.195. The van der Waals surface area contributed by atoms with Crippen LogP contribution in [0.15, 0.2) is 48.4 Å². The number of pyridine rings is 1. The minimum atomic E-state index is -0.377. The Bertz CT molecular complexity index is 1330. The number of rotatable bonds is 8. The fourth-order valence-corrected chi connectivity index (χ4v) is 4.19. The molecule has 1 aromatic heterocycles. The molecule has 40 heavy (non-hydrogen) atoms. The van der Waals surface area contributed by atoms with E-state index in [9.17, 15) is 9.90 Å². The number of aromatic nitrogens is 1. The van der Waals surface area contributed by atoms with Gasteiger partial charge in [-0.1, -0.05) is 99.9 Å². The third-order valence-corrected chi connectivity index (χ3v) is 8.46. The van der Waals surface area contributed by atoms with Crippen molar-refractivity contribution in [3.63, 3.8) is 0 Å². The van der Waals surface area contributed by atoms with Gasteiger partial charge in [0.2, 0.25) is 0 Å². The Morgan fingerprint density at radius 1 is 0.850 bits per heavy atom. The molecule has 0 aliphatic rings. The van der Waals surface area contributed by atoms with Crippen LogP contribution in [0.5, 0.6) is 0 Å². The first-order chi connectivity index (χ1) is 18.0. The van der Waals surface area contributed by atoms with Crippen LogP contribution in [0.3, 0.4) is 0 Å². The van der Waals surface area contributed by atoms with Gasteiger partial charge in [0, 0.05) is 43.2 Å². The van der Waals surface area contributed by atoms with Crippen LogP contribution in [0.25, 0.3) is 22.0 Å². The Hall–Kier alpha value is -2.29. The molecule has 0 amide bonds. The largest absolute Gasteiger partial charge is 0.512 e. The van der Waals surface area contributed by atoms with Crippen molar-refractivity contribution in [3.05, 3.63) is 76.7 Å². The van der Waals surface area contributed by atoms with E-state index in [2.05, 4.69) is 84.1 Å². The molecule has 1 radical (unpaired) electrons. The normalized spacial score (nSPS) is 12.4. The van der Waals surface area contributed by atoms with Crippen molar-refractivity contribution >= 4 is 16.6 Å². The number of fused-ring (bicyclic) bond motifs is 1. The molecule has 0 bridgehead atoms. The molecule has 0 unspecified atom stereocenters. The molecule has 0 aliphatic heterocycles. The quantitative estimate of drug-likeness (QED) is 0.143. The van der Waals surface area contributed by atoms with Crippen LogP contribution < -0.4 is 0 Å². The van der Waals surface area contributed by atoms with Crippen LogP contribution >= 0.6 is 0 Å². The predicted octanol–water partition coefficient (Wildman–Crippen LogP) is 10.2. The molecule has 1 heterocycles. The van der Waals surface area contributed by atoms with E-state index in [1.54, 1.807) is 0 Å². The van der Waals surface area contributed by atoms with Crippen molar-refractivity contribution in [2.75, 3.05) is 0 Å². The summed E-state index contributed by atoms with van der Waals surface area (Å²) in [6.07, 6.45) is 6.15. The minimum Gasteiger partial charge on any atom is -0.512 e. The second-order valence-electron chi connectivity index (χ2n) is 12.9. The number of nitrogens with zero attached hydrogens (tertiary/aromatic N) is 1. The maximum atomic E-state index is 11.8. The third kappa shape index (κ3) is 8.60. The van der Waals surface area contributed by atoms with Crippen molar-refractivity contribution in [2.24, 2.45) is 10.8 Å². The van der Waals surface area contributed by atoms with Gasteiger partial charge in [-0.05, 0) is 53.6 Å². The summed E-state index contributed by atoms with van der Waals surface area (Å²) in [6, 6.07) is 14.5. The molecule has 0 aliphatic carbocycles. The van der Waals surface area contributed by atoms with Crippen LogP contribution in [0.1, 0.15) is 104 Å². The van der Waals surface area contributed by atoms with Gasteiger partial charge in [0.25, 0.3) is 0 Å². The van der Waals surface area contributed by atoms with Gasteiger partial charge in [-0.25, -0.2) is 0 Å². The van der Waals surface area contributed by atoms with Gasteiger partial charge in [-0.2, -0.15) is 0 Å². The molecular formula is C36H50IrNO2-. The Morgan fingerprint density at radius 3 is 1.98 bits per heavy atom. The Balaban J connectivity index is 0.000000437. The number of benzene rings is 2. The third-order valence-electron chi connectivity index (χ3n) is 8.46. The summed E-state index contributed by atoms with van der Waals surface area (Å²) in [6.45, 7) is 24.9. The molecule has 0 saturated heterocycles. The average molecular weight is 721 g/mol. The molecule has 1 N–H and O–H groups in total. The summed E-state index contributed by atoms with van der Waals surface area (Å²) in [7, 11) is 0. The van der Waals surface area contributed by atoms with Crippen LogP contribution in [0, 0.1) is 37.7 Å². The molecule has 0 spiro atoms. The molecule has 221 valence electrons. The zero-order valence-corrected chi connectivity index (χ0v) is 29.2. The smallest absolute Gasteiger partial charge is 0.164 e. The van der Waals surface area contributed by atoms with Gasteiger partial charge in [0.1, 0.15) is 5.76 Å². The van der Waals surface area contributed by atoms with Crippen molar-refractivity contribution in [3.8, 4) is 11.3 Å². The van der Waals surface area contributed by atoms with Crippen LogP contribution in [-0.2, 0) is 30.3 Å². The zero-order chi connectivity index (χ0) is 29.8. The summed E-state index contributed by atoms with van der Waals surface area (Å²) in [4.78, 5) is 16.7. The van der Waals surface area contributed by atoms with Crippen LogP contribution in [0.4, 0.5) is 0 Å². The maximum absolute atomic E-state index is 11.8. The first-order valence-corrected chi connectivity index (χ1v) is 14.4. The topological polar surface area (TPSA) is 50.2 Å². The molecule has 3 nitrogen and oxygen atoms in total. The molecule has 3 aromatic rings. The van der Waals surface area contributed by atoms with E-state index in [0.29, 0.717) is 0 Å². The number of carbonyl (C=O) groups is 1. The Labute approximate surface area is 257 Å². The maximum Gasteiger partial charge on any atom is 0.164 e. The second kappa shape index (κ2) is 14.1. The van der Waals surface area contributed by atoms with Crippen molar-refractivity contribution in [2.45, 2.75) is 108 Å². The zero-order valence-electron chi connectivity index (χ0n) is 26.8.